The second kappa shape index (κ2) is 25.2. The van der Waals surface area contributed by atoms with Crippen LogP contribution in [0.5, 0.6) is 0 Å². The lowest BCUT2D eigenvalue weighted by Crippen LogP contribution is -2.47. The maximum Gasteiger partial charge on any atom is 0.363 e. The van der Waals surface area contributed by atoms with Gasteiger partial charge in [-0.2, -0.15) is 0 Å². The molecule has 0 spiro atoms. The first kappa shape index (κ1) is 51.4. The number of benzene rings is 2. The van der Waals surface area contributed by atoms with Gasteiger partial charge in [0.2, 0.25) is 17.7 Å². The Kier molecular flexibility index (Phi) is 20.2. The number of nitrogens with one attached hydrogen (secondary N) is 4. The Morgan fingerprint density at radius 2 is 1.12 bits per heavy atom. The number of nitrogens with zero attached hydrogens (tertiary/aromatic N) is 2. The van der Waals surface area contributed by atoms with Gasteiger partial charge in [0.1, 0.15) is 6.54 Å². The van der Waals surface area contributed by atoms with E-state index in [9.17, 15) is 78.0 Å². The van der Waals surface area contributed by atoms with E-state index >= 15 is 0 Å². The molecule has 24 heteroatoms. The van der Waals surface area contributed by atoms with Crippen LogP contribution in [0.3, 0.4) is 0 Å². The van der Waals surface area contributed by atoms with E-state index in [1.54, 1.807) is 18.2 Å². The molecule has 2 aromatic rings. The lowest BCUT2D eigenvalue weighted by molar-refractivity contribution is -0.172. The first-order chi connectivity index (χ1) is 30.2. The van der Waals surface area contributed by atoms with Crippen LogP contribution in [0.25, 0.3) is 0 Å². The molecule has 1 aliphatic heterocycles. The van der Waals surface area contributed by atoms with Crippen molar-refractivity contribution in [2.75, 3.05) is 19.6 Å². The normalized spacial score (nSPS) is 13.4. The van der Waals surface area contributed by atoms with Gasteiger partial charge in [-0.05, 0) is 71.8 Å². The van der Waals surface area contributed by atoms with E-state index < -0.39 is 128 Å². The van der Waals surface area contributed by atoms with E-state index in [-0.39, 0.29) is 49.4 Å². The number of hydrogen-bond donors (Lipinski definition) is 8. The van der Waals surface area contributed by atoms with Crippen molar-refractivity contribution in [3.8, 4) is 0 Å². The highest BCUT2D eigenvalue weighted by Crippen LogP contribution is 2.16. The van der Waals surface area contributed by atoms with Crippen LogP contribution in [-0.2, 0) is 48.0 Å². The predicted octanol–water partition coefficient (Wildman–Crippen LogP) is 0.298. The second-order valence-electron chi connectivity index (χ2n) is 14.3. The molecule has 7 amide bonds. The molecule has 0 bridgehead atoms. The van der Waals surface area contributed by atoms with Crippen molar-refractivity contribution in [1.82, 2.24) is 31.2 Å². The third-order valence-corrected chi connectivity index (χ3v) is 9.73. The fraction of sp³-hybridized carbons (Fsp3) is 0.400. The summed E-state index contributed by atoms with van der Waals surface area (Å²) in [6, 6.07) is 7.24. The van der Waals surface area contributed by atoms with Gasteiger partial charge >= 0.3 is 29.8 Å². The molecule has 1 aliphatic rings. The summed E-state index contributed by atoms with van der Waals surface area (Å²) >= 11 is 2.06. The Morgan fingerprint density at radius 3 is 1.66 bits per heavy atom. The first-order valence-electron chi connectivity index (χ1n) is 19.5. The Morgan fingerprint density at radius 1 is 0.625 bits per heavy atom. The summed E-state index contributed by atoms with van der Waals surface area (Å²) in [7, 11) is 0. The third kappa shape index (κ3) is 18.2. The smallest absolute Gasteiger partial charge is 0.363 e. The fourth-order valence-corrected chi connectivity index (χ4v) is 6.72. The first-order valence-corrected chi connectivity index (χ1v) is 20.5. The standard InChI is InChI=1S/C40H45IN6O17/c41-25-8-4-6-23(14-25)38(61)42-11-1-2-12-46(21-37(59)60)33(52)17-28(20-36(57)58)44-29(48)15-26(18-34(53)54)43-30(49)16-27(19-35(55)56)45-39(62)22-5-3-7-24(13-22)40(63)64-47-31(50)9-10-32(47)51/h3-8,13-14,26-28H,1-2,9-12,15-21H2,(H,42,61)(H,43,49)(H,44,48)(H,45,62)(H,53,54)(H,55,56)(H,57,58)(H,59,60)/t26-,27-,28-/m1/s1. The monoisotopic (exact) mass is 1010 g/mol. The number of unbranched alkanes of at least 4 members (excludes halogenated alkanes) is 1. The van der Waals surface area contributed by atoms with E-state index in [1.807, 2.05) is 6.07 Å². The zero-order chi connectivity index (χ0) is 47.5. The van der Waals surface area contributed by atoms with Gasteiger partial charge in [0.05, 0.1) is 24.8 Å². The number of carbonyl (C=O) groups is 12. The maximum absolute atomic E-state index is 13.2. The molecule has 344 valence electrons. The minimum atomic E-state index is -1.48. The number of amides is 7. The molecule has 0 aromatic heterocycles. The van der Waals surface area contributed by atoms with E-state index in [1.165, 1.54) is 18.2 Å². The van der Waals surface area contributed by atoms with Crippen molar-refractivity contribution >= 4 is 93.8 Å². The molecule has 0 aliphatic carbocycles. The van der Waals surface area contributed by atoms with Crippen LogP contribution in [0.2, 0.25) is 0 Å². The Hall–Kier alpha value is -6.99. The number of carboxylic acids is 4. The number of aliphatic carboxylic acids is 4. The van der Waals surface area contributed by atoms with E-state index in [0.717, 1.165) is 14.5 Å². The molecule has 1 fully saturated rings. The Balaban J connectivity index is 1.61. The topological polar surface area (TPSA) is 350 Å². The van der Waals surface area contributed by atoms with Crippen LogP contribution in [0, 0.1) is 3.57 Å². The summed E-state index contributed by atoms with van der Waals surface area (Å²) in [5.41, 5.74) is -0.0420. The van der Waals surface area contributed by atoms with E-state index in [2.05, 4.69) is 43.9 Å². The van der Waals surface area contributed by atoms with Crippen LogP contribution in [0.1, 0.15) is 95.3 Å². The molecule has 3 rings (SSSR count). The van der Waals surface area contributed by atoms with Gasteiger partial charge in [0, 0.05) is 78.0 Å². The van der Waals surface area contributed by atoms with Crippen molar-refractivity contribution in [3.05, 3.63) is 68.8 Å². The number of carboxylic acid groups (broad SMARTS) is 4. The number of carbonyl (C=O) groups excluding carboxylic acids is 8. The third-order valence-electron chi connectivity index (χ3n) is 9.06. The zero-order valence-corrected chi connectivity index (χ0v) is 36.1. The van der Waals surface area contributed by atoms with Gasteiger partial charge in [-0.1, -0.05) is 12.1 Å². The fourth-order valence-electron chi connectivity index (χ4n) is 6.18. The van der Waals surface area contributed by atoms with Gasteiger partial charge in [-0.25, -0.2) is 4.79 Å². The average Bonchev–Trinajstić information content (AvgIpc) is 3.51. The summed E-state index contributed by atoms with van der Waals surface area (Å²) in [6.07, 6.45) is -4.43. The van der Waals surface area contributed by atoms with Crippen LogP contribution in [-0.4, -0.2) is 139 Å². The van der Waals surface area contributed by atoms with Crippen LogP contribution >= 0.6 is 22.6 Å². The van der Waals surface area contributed by atoms with Crippen molar-refractivity contribution in [1.29, 1.82) is 0 Å². The minimum absolute atomic E-state index is 0.0970. The lowest BCUT2D eigenvalue weighted by atomic mass is 10.0. The molecule has 1 heterocycles. The van der Waals surface area contributed by atoms with Gasteiger partial charge < -0.3 is 51.4 Å². The summed E-state index contributed by atoms with van der Waals surface area (Å²) in [4.78, 5) is 154. The predicted molar refractivity (Wildman–Crippen MR) is 224 cm³/mol. The number of hydroxylamine groups is 2. The van der Waals surface area contributed by atoms with Crippen molar-refractivity contribution < 1.29 is 82.8 Å². The molecule has 0 unspecified atom stereocenters. The van der Waals surface area contributed by atoms with Gasteiger partial charge in [0.25, 0.3) is 23.6 Å². The highest BCUT2D eigenvalue weighted by molar-refractivity contribution is 14.1. The number of imide groups is 1. The maximum atomic E-state index is 13.2. The highest BCUT2D eigenvalue weighted by atomic mass is 127. The molecular formula is C40H45IN6O17. The molecule has 3 atom stereocenters. The molecule has 2 aromatic carbocycles. The lowest BCUT2D eigenvalue weighted by Gasteiger charge is -2.25. The Bertz CT molecular complexity index is 2130. The quantitative estimate of drug-likeness (QED) is 0.0357. The molecule has 0 saturated carbocycles. The summed E-state index contributed by atoms with van der Waals surface area (Å²) in [5, 5.41) is 47.8. The van der Waals surface area contributed by atoms with E-state index in [0.29, 0.717) is 17.0 Å². The molecular weight excluding hydrogens is 963 g/mol. The number of rotatable bonds is 26. The summed E-state index contributed by atoms with van der Waals surface area (Å²) in [6.45, 7) is -0.659. The van der Waals surface area contributed by atoms with Crippen molar-refractivity contribution in [3.63, 3.8) is 0 Å². The molecule has 23 nitrogen and oxygen atoms in total. The minimum Gasteiger partial charge on any atom is -0.481 e. The van der Waals surface area contributed by atoms with Crippen molar-refractivity contribution in [2.45, 2.75) is 82.3 Å². The summed E-state index contributed by atoms with van der Waals surface area (Å²) < 4.78 is 0.853. The number of hydrogen-bond acceptors (Lipinski definition) is 13. The van der Waals surface area contributed by atoms with Crippen molar-refractivity contribution in [2.24, 2.45) is 0 Å². The highest BCUT2D eigenvalue weighted by Gasteiger charge is 2.34. The second-order valence-corrected chi connectivity index (χ2v) is 15.6. The van der Waals surface area contributed by atoms with E-state index in [4.69, 9.17) is 4.84 Å². The van der Waals surface area contributed by atoms with Crippen LogP contribution in [0.4, 0.5) is 0 Å². The van der Waals surface area contributed by atoms with Gasteiger partial charge in [0.15, 0.2) is 0 Å². The van der Waals surface area contributed by atoms with Gasteiger partial charge in [-0.15, -0.1) is 5.06 Å². The molecule has 64 heavy (non-hydrogen) atoms. The van der Waals surface area contributed by atoms with Crippen LogP contribution in [0.15, 0.2) is 48.5 Å². The van der Waals surface area contributed by atoms with Gasteiger partial charge in [-0.3, -0.25) is 52.7 Å². The molecule has 0 radical (unpaired) electrons. The Labute approximate surface area is 377 Å². The van der Waals surface area contributed by atoms with Crippen LogP contribution < -0.4 is 21.3 Å². The molecule has 8 N–H and O–H groups in total. The summed E-state index contributed by atoms with van der Waals surface area (Å²) in [5.74, 6) is -12.6. The largest absolute Gasteiger partial charge is 0.481 e. The molecule has 1 saturated heterocycles. The average molecular weight is 1010 g/mol. The zero-order valence-electron chi connectivity index (χ0n) is 33.9. The SMILES string of the molecule is O=C(O)C[C@@H](CC(=O)N[C@@H](CC(=O)O)CC(=O)N(CCCCNC(=O)c1cccc(I)c1)CC(=O)O)NC(=O)C[C@H](CC(=O)O)NC(=O)c1cccc(C(=O)ON2C(=O)CCC2=O)c1. The number of halogens is 1.